The van der Waals surface area contributed by atoms with Crippen molar-refractivity contribution < 1.29 is 19.4 Å². The second-order valence-corrected chi connectivity index (χ2v) is 5.18. The SMILES string of the molecule is CCC(C)[C@H](N)C(=O)N[C@@H](C[C@H]1CCCO1)C(=O)O. The third kappa shape index (κ3) is 4.80. The third-order valence-electron chi connectivity index (χ3n) is 3.70. The lowest BCUT2D eigenvalue weighted by molar-refractivity contribution is -0.143. The van der Waals surface area contributed by atoms with Crippen molar-refractivity contribution in [2.45, 2.75) is 57.7 Å². The molecule has 0 spiro atoms. The molecule has 6 heteroatoms. The summed E-state index contributed by atoms with van der Waals surface area (Å²) in [4.78, 5) is 23.1. The first-order valence-corrected chi connectivity index (χ1v) is 6.86. The van der Waals surface area contributed by atoms with Gasteiger partial charge in [0.15, 0.2) is 0 Å². The molecule has 110 valence electrons. The number of carboxylic acids is 1. The Labute approximate surface area is 113 Å². The Morgan fingerprint density at radius 1 is 1.53 bits per heavy atom. The van der Waals surface area contributed by atoms with Crippen molar-refractivity contribution in [3.8, 4) is 0 Å². The van der Waals surface area contributed by atoms with Gasteiger partial charge in [-0.15, -0.1) is 0 Å². The van der Waals surface area contributed by atoms with Crippen molar-refractivity contribution in [1.82, 2.24) is 5.32 Å². The van der Waals surface area contributed by atoms with Gasteiger partial charge in [0.05, 0.1) is 12.1 Å². The Balaban J connectivity index is 2.52. The topological polar surface area (TPSA) is 102 Å². The molecule has 0 aliphatic carbocycles. The number of ether oxygens (including phenoxy) is 1. The summed E-state index contributed by atoms with van der Waals surface area (Å²) in [6.07, 6.45) is 2.78. The molecule has 1 aliphatic rings. The van der Waals surface area contributed by atoms with E-state index in [1.807, 2.05) is 13.8 Å². The fourth-order valence-corrected chi connectivity index (χ4v) is 2.09. The van der Waals surface area contributed by atoms with E-state index in [1.54, 1.807) is 0 Å². The molecule has 6 nitrogen and oxygen atoms in total. The highest BCUT2D eigenvalue weighted by atomic mass is 16.5. The molecule has 0 aromatic heterocycles. The maximum atomic E-state index is 11.9. The first-order valence-electron chi connectivity index (χ1n) is 6.86. The molecule has 1 rings (SSSR count). The monoisotopic (exact) mass is 272 g/mol. The summed E-state index contributed by atoms with van der Waals surface area (Å²) < 4.78 is 5.40. The highest BCUT2D eigenvalue weighted by Crippen LogP contribution is 2.17. The summed E-state index contributed by atoms with van der Waals surface area (Å²) in [5.41, 5.74) is 5.79. The smallest absolute Gasteiger partial charge is 0.326 e. The van der Waals surface area contributed by atoms with Gasteiger partial charge in [-0.05, 0) is 18.8 Å². The minimum Gasteiger partial charge on any atom is -0.480 e. The number of nitrogens with two attached hydrogens (primary N) is 1. The van der Waals surface area contributed by atoms with E-state index in [4.69, 9.17) is 15.6 Å². The summed E-state index contributed by atoms with van der Waals surface area (Å²) in [6, 6.07) is -1.60. The molecule has 1 saturated heterocycles. The predicted molar refractivity (Wildman–Crippen MR) is 70.6 cm³/mol. The van der Waals surface area contributed by atoms with Gasteiger partial charge >= 0.3 is 5.97 Å². The second kappa shape index (κ2) is 7.45. The van der Waals surface area contributed by atoms with Crippen molar-refractivity contribution in [1.29, 1.82) is 0 Å². The van der Waals surface area contributed by atoms with E-state index >= 15 is 0 Å². The molecule has 1 heterocycles. The van der Waals surface area contributed by atoms with Crippen LogP contribution in [-0.2, 0) is 14.3 Å². The van der Waals surface area contributed by atoms with Crippen molar-refractivity contribution in [3.63, 3.8) is 0 Å². The molecular weight excluding hydrogens is 248 g/mol. The van der Waals surface area contributed by atoms with Crippen molar-refractivity contribution in [2.24, 2.45) is 11.7 Å². The average molecular weight is 272 g/mol. The molecule has 1 unspecified atom stereocenters. The van der Waals surface area contributed by atoms with E-state index in [1.165, 1.54) is 0 Å². The summed E-state index contributed by atoms with van der Waals surface area (Å²) in [5.74, 6) is -1.42. The number of hydrogen-bond acceptors (Lipinski definition) is 4. The van der Waals surface area contributed by atoms with Gasteiger partial charge in [0.2, 0.25) is 5.91 Å². The molecule has 4 atom stereocenters. The van der Waals surface area contributed by atoms with Crippen LogP contribution in [0, 0.1) is 5.92 Å². The molecule has 0 aromatic carbocycles. The van der Waals surface area contributed by atoms with Gasteiger partial charge in [-0.1, -0.05) is 20.3 Å². The van der Waals surface area contributed by atoms with Gasteiger partial charge in [0.1, 0.15) is 6.04 Å². The van der Waals surface area contributed by atoms with Crippen LogP contribution in [0.15, 0.2) is 0 Å². The van der Waals surface area contributed by atoms with E-state index in [-0.39, 0.29) is 12.0 Å². The highest BCUT2D eigenvalue weighted by molar-refractivity contribution is 5.86. The van der Waals surface area contributed by atoms with Crippen LogP contribution < -0.4 is 11.1 Å². The number of carbonyl (C=O) groups is 2. The fourth-order valence-electron chi connectivity index (χ4n) is 2.09. The summed E-state index contributed by atoms with van der Waals surface area (Å²) in [7, 11) is 0. The van der Waals surface area contributed by atoms with E-state index in [2.05, 4.69) is 5.32 Å². The number of carboxylic acid groups (broad SMARTS) is 1. The van der Waals surface area contributed by atoms with Gasteiger partial charge < -0.3 is 20.9 Å². The normalized spacial score (nSPS) is 23.6. The first kappa shape index (κ1) is 15.9. The highest BCUT2D eigenvalue weighted by Gasteiger charge is 2.29. The molecule has 1 amide bonds. The third-order valence-corrected chi connectivity index (χ3v) is 3.70. The quantitative estimate of drug-likeness (QED) is 0.626. The van der Waals surface area contributed by atoms with E-state index in [9.17, 15) is 9.59 Å². The predicted octanol–water partition coefficient (Wildman–Crippen LogP) is 0.498. The number of aliphatic carboxylic acids is 1. The van der Waals surface area contributed by atoms with E-state index < -0.39 is 24.0 Å². The zero-order valence-corrected chi connectivity index (χ0v) is 11.6. The Morgan fingerprint density at radius 3 is 2.68 bits per heavy atom. The molecule has 1 aliphatic heterocycles. The van der Waals surface area contributed by atoms with Crippen LogP contribution in [-0.4, -0.2) is 41.8 Å². The van der Waals surface area contributed by atoms with Gasteiger partial charge in [-0.3, -0.25) is 4.79 Å². The second-order valence-electron chi connectivity index (χ2n) is 5.18. The van der Waals surface area contributed by atoms with Gasteiger partial charge in [0.25, 0.3) is 0 Å². The molecule has 0 saturated carbocycles. The maximum absolute atomic E-state index is 11.9. The van der Waals surface area contributed by atoms with Crippen molar-refractivity contribution in [2.75, 3.05) is 6.61 Å². The van der Waals surface area contributed by atoms with Gasteiger partial charge in [0, 0.05) is 13.0 Å². The summed E-state index contributed by atoms with van der Waals surface area (Å²) in [6.45, 7) is 4.48. The van der Waals surface area contributed by atoms with Crippen molar-refractivity contribution in [3.05, 3.63) is 0 Å². The van der Waals surface area contributed by atoms with Crippen LogP contribution in [0.2, 0.25) is 0 Å². The number of nitrogens with one attached hydrogen (secondary N) is 1. The Hall–Kier alpha value is -1.14. The molecule has 4 N–H and O–H groups in total. The van der Waals surface area contributed by atoms with Crippen LogP contribution in [0.4, 0.5) is 0 Å². The lowest BCUT2D eigenvalue weighted by Crippen LogP contribution is -2.51. The number of rotatable bonds is 7. The molecular formula is C13H24N2O4. The van der Waals surface area contributed by atoms with Crippen LogP contribution in [0.1, 0.15) is 39.5 Å². The zero-order valence-electron chi connectivity index (χ0n) is 11.6. The van der Waals surface area contributed by atoms with E-state index in [0.717, 1.165) is 19.3 Å². The molecule has 1 fully saturated rings. The number of hydrogen-bond donors (Lipinski definition) is 3. The van der Waals surface area contributed by atoms with Crippen LogP contribution in [0.5, 0.6) is 0 Å². The lowest BCUT2D eigenvalue weighted by atomic mass is 9.98. The van der Waals surface area contributed by atoms with Crippen LogP contribution in [0.3, 0.4) is 0 Å². The first-order chi connectivity index (χ1) is 8.95. The van der Waals surface area contributed by atoms with Crippen LogP contribution in [0.25, 0.3) is 0 Å². The zero-order chi connectivity index (χ0) is 14.4. The van der Waals surface area contributed by atoms with Crippen LogP contribution >= 0.6 is 0 Å². The largest absolute Gasteiger partial charge is 0.480 e. The lowest BCUT2D eigenvalue weighted by Gasteiger charge is -2.22. The minimum atomic E-state index is -1.04. The van der Waals surface area contributed by atoms with Gasteiger partial charge in [-0.2, -0.15) is 0 Å². The number of carbonyl (C=O) groups excluding carboxylic acids is 1. The summed E-state index contributed by atoms with van der Waals surface area (Å²) >= 11 is 0. The molecule has 0 aromatic rings. The summed E-state index contributed by atoms with van der Waals surface area (Å²) in [5, 5.41) is 11.7. The minimum absolute atomic E-state index is 0.0252. The maximum Gasteiger partial charge on any atom is 0.326 e. The average Bonchev–Trinajstić information content (AvgIpc) is 2.88. The molecule has 0 bridgehead atoms. The molecule has 0 radical (unpaired) electrons. The Morgan fingerprint density at radius 2 is 2.21 bits per heavy atom. The van der Waals surface area contributed by atoms with E-state index in [0.29, 0.717) is 13.0 Å². The Kier molecular flexibility index (Phi) is 6.24. The standard InChI is InChI=1S/C13H24N2O4/c1-3-8(2)11(14)12(16)15-10(13(17)18)7-9-5-4-6-19-9/h8-11H,3-7,14H2,1-2H3,(H,15,16)(H,17,18)/t8?,9-,10+,11+/m1/s1. The fraction of sp³-hybridized carbons (Fsp3) is 0.846. The Bertz CT molecular complexity index is 316. The molecule has 19 heavy (non-hydrogen) atoms. The van der Waals surface area contributed by atoms with Crippen molar-refractivity contribution >= 4 is 11.9 Å². The number of amides is 1. The van der Waals surface area contributed by atoms with Gasteiger partial charge in [-0.25, -0.2) is 4.79 Å².